The van der Waals surface area contributed by atoms with Gasteiger partial charge in [-0.15, -0.1) is 0 Å². The number of fused-ring (bicyclic) bond motifs is 1. The molecule has 15 heavy (non-hydrogen) atoms. The Hall–Kier alpha value is -0.220. The molecule has 3 aliphatic rings. The third-order valence-corrected chi connectivity index (χ3v) is 5.17. The summed E-state index contributed by atoms with van der Waals surface area (Å²) < 4.78 is 0. The first-order chi connectivity index (χ1) is 7.36. The number of hydrogen-bond donors (Lipinski definition) is 1. The average Bonchev–Trinajstić information content (AvgIpc) is 2.94. The number of carbonyl (C=O) groups is 1. The zero-order chi connectivity index (χ0) is 10.3. The second-order valence-corrected chi connectivity index (χ2v) is 6.02. The maximum Gasteiger partial charge on any atom is 0.226 e. The van der Waals surface area contributed by atoms with Crippen molar-refractivity contribution < 1.29 is 4.79 Å². The van der Waals surface area contributed by atoms with Crippen LogP contribution in [0.2, 0.25) is 0 Å². The Bertz CT molecular complexity index is 265. The molecule has 1 amide bonds. The summed E-state index contributed by atoms with van der Waals surface area (Å²) in [5.41, 5.74) is 0. The van der Waals surface area contributed by atoms with Crippen molar-refractivity contribution in [2.45, 2.75) is 18.9 Å². The predicted molar refractivity (Wildman–Crippen MR) is 61.9 cm³/mol. The van der Waals surface area contributed by atoms with Crippen molar-refractivity contribution >= 4 is 17.7 Å². The number of nitrogens with one attached hydrogen (secondary N) is 1. The first kappa shape index (κ1) is 9.97. The molecule has 0 aromatic heterocycles. The second-order valence-electron chi connectivity index (χ2n) is 4.87. The van der Waals surface area contributed by atoms with Crippen molar-refractivity contribution in [2.24, 2.45) is 11.8 Å². The smallest absolute Gasteiger partial charge is 0.226 e. The molecule has 3 heterocycles. The molecule has 1 unspecified atom stereocenters. The van der Waals surface area contributed by atoms with Crippen LogP contribution in [-0.4, -0.2) is 48.0 Å². The van der Waals surface area contributed by atoms with Gasteiger partial charge in [-0.3, -0.25) is 4.79 Å². The third kappa shape index (κ3) is 1.68. The van der Waals surface area contributed by atoms with Gasteiger partial charge in [0.1, 0.15) is 0 Å². The summed E-state index contributed by atoms with van der Waals surface area (Å²) in [6, 6.07) is 0.517. The van der Waals surface area contributed by atoms with Crippen LogP contribution in [0, 0.1) is 11.8 Å². The quantitative estimate of drug-likeness (QED) is 0.709. The fraction of sp³-hybridized carbons (Fsp3) is 0.909. The Kier molecular flexibility index (Phi) is 2.64. The zero-order valence-corrected chi connectivity index (χ0v) is 9.76. The van der Waals surface area contributed by atoms with E-state index in [-0.39, 0.29) is 0 Å². The molecule has 3 aliphatic heterocycles. The van der Waals surface area contributed by atoms with E-state index >= 15 is 0 Å². The van der Waals surface area contributed by atoms with Gasteiger partial charge < -0.3 is 10.2 Å². The molecule has 0 aromatic carbocycles. The normalized spacial score (nSPS) is 39.7. The molecule has 3 atom stereocenters. The SMILES string of the molecule is O=C(C1CCSC1)N1CC[C@H]2CNC[C@H]21. The largest absolute Gasteiger partial charge is 0.338 e. The molecule has 4 heteroatoms. The Balaban J connectivity index is 1.68. The average molecular weight is 226 g/mol. The van der Waals surface area contributed by atoms with Crippen LogP contribution in [0.1, 0.15) is 12.8 Å². The molecule has 0 aliphatic carbocycles. The molecule has 3 rings (SSSR count). The number of thioether (sulfide) groups is 1. The predicted octanol–water partition coefficient (Wildman–Crippen LogP) is 0.560. The van der Waals surface area contributed by atoms with Crippen molar-refractivity contribution in [3.05, 3.63) is 0 Å². The summed E-state index contributed by atoms with van der Waals surface area (Å²) in [6.45, 7) is 3.15. The molecular weight excluding hydrogens is 208 g/mol. The third-order valence-electron chi connectivity index (χ3n) is 4.01. The van der Waals surface area contributed by atoms with Crippen LogP contribution < -0.4 is 5.32 Å². The maximum atomic E-state index is 12.3. The molecule has 0 radical (unpaired) electrons. The van der Waals surface area contributed by atoms with E-state index in [9.17, 15) is 4.79 Å². The molecule has 0 saturated carbocycles. The van der Waals surface area contributed by atoms with Crippen LogP contribution in [0.4, 0.5) is 0 Å². The van der Waals surface area contributed by atoms with Crippen LogP contribution >= 0.6 is 11.8 Å². The first-order valence-electron chi connectivity index (χ1n) is 5.95. The molecule has 3 nitrogen and oxygen atoms in total. The topological polar surface area (TPSA) is 32.3 Å². The lowest BCUT2D eigenvalue weighted by molar-refractivity contribution is -0.135. The van der Waals surface area contributed by atoms with E-state index < -0.39 is 0 Å². The van der Waals surface area contributed by atoms with Gasteiger partial charge in [-0.1, -0.05) is 0 Å². The molecule has 3 saturated heterocycles. The Labute approximate surface area is 95.0 Å². The Morgan fingerprint density at radius 1 is 1.33 bits per heavy atom. The lowest BCUT2D eigenvalue weighted by Gasteiger charge is -2.26. The van der Waals surface area contributed by atoms with Crippen molar-refractivity contribution in [2.75, 3.05) is 31.1 Å². The van der Waals surface area contributed by atoms with E-state index in [0.29, 0.717) is 17.9 Å². The number of amides is 1. The minimum absolute atomic E-state index is 0.328. The van der Waals surface area contributed by atoms with Crippen LogP contribution in [0.5, 0.6) is 0 Å². The summed E-state index contributed by atoms with van der Waals surface area (Å²) in [6.07, 6.45) is 2.31. The minimum Gasteiger partial charge on any atom is -0.338 e. The Morgan fingerprint density at radius 2 is 2.27 bits per heavy atom. The van der Waals surface area contributed by atoms with Gasteiger partial charge in [-0.05, 0) is 24.5 Å². The van der Waals surface area contributed by atoms with Gasteiger partial charge in [0, 0.05) is 37.3 Å². The van der Waals surface area contributed by atoms with Crippen molar-refractivity contribution in [3.63, 3.8) is 0 Å². The highest BCUT2D eigenvalue weighted by Crippen LogP contribution is 2.32. The van der Waals surface area contributed by atoms with E-state index in [0.717, 1.165) is 37.7 Å². The molecule has 0 spiro atoms. The summed E-state index contributed by atoms with van der Waals surface area (Å²) >= 11 is 1.93. The number of likely N-dealkylation sites (tertiary alicyclic amines) is 1. The van der Waals surface area contributed by atoms with Gasteiger partial charge in [0.05, 0.1) is 0 Å². The molecule has 0 aromatic rings. The monoisotopic (exact) mass is 226 g/mol. The standard InChI is InChI=1S/C11H18N2OS/c14-11(9-2-4-15-7-9)13-3-1-8-5-12-6-10(8)13/h8-10,12H,1-7H2/t8-,9?,10+/m0/s1. The summed E-state index contributed by atoms with van der Waals surface area (Å²) in [5.74, 6) is 3.74. The van der Waals surface area contributed by atoms with E-state index in [1.165, 1.54) is 12.2 Å². The van der Waals surface area contributed by atoms with Crippen LogP contribution in [-0.2, 0) is 4.79 Å². The zero-order valence-electron chi connectivity index (χ0n) is 8.95. The highest BCUT2D eigenvalue weighted by Gasteiger charge is 2.41. The molecule has 84 valence electrons. The summed E-state index contributed by atoms with van der Waals surface area (Å²) in [4.78, 5) is 14.4. The van der Waals surface area contributed by atoms with E-state index in [2.05, 4.69) is 10.2 Å². The van der Waals surface area contributed by atoms with Gasteiger partial charge in [0.25, 0.3) is 0 Å². The van der Waals surface area contributed by atoms with Crippen molar-refractivity contribution in [1.29, 1.82) is 0 Å². The molecule has 1 N–H and O–H groups in total. The van der Waals surface area contributed by atoms with Crippen LogP contribution in [0.25, 0.3) is 0 Å². The van der Waals surface area contributed by atoms with E-state index in [1.807, 2.05) is 11.8 Å². The summed E-state index contributed by atoms with van der Waals surface area (Å²) in [7, 11) is 0. The van der Waals surface area contributed by atoms with E-state index in [1.54, 1.807) is 0 Å². The molecular formula is C11H18N2OS. The first-order valence-corrected chi connectivity index (χ1v) is 7.10. The number of carbonyl (C=O) groups excluding carboxylic acids is 1. The van der Waals surface area contributed by atoms with Gasteiger partial charge in [-0.2, -0.15) is 11.8 Å². The van der Waals surface area contributed by atoms with Gasteiger partial charge >= 0.3 is 0 Å². The van der Waals surface area contributed by atoms with Crippen LogP contribution in [0.3, 0.4) is 0 Å². The highest BCUT2D eigenvalue weighted by molar-refractivity contribution is 7.99. The lowest BCUT2D eigenvalue weighted by Crippen LogP contribution is -2.42. The van der Waals surface area contributed by atoms with Gasteiger partial charge in [0.15, 0.2) is 0 Å². The van der Waals surface area contributed by atoms with E-state index in [4.69, 9.17) is 0 Å². The molecule has 0 bridgehead atoms. The summed E-state index contributed by atoms with van der Waals surface area (Å²) in [5, 5.41) is 3.40. The lowest BCUT2D eigenvalue weighted by atomic mass is 10.0. The van der Waals surface area contributed by atoms with Crippen LogP contribution in [0.15, 0.2) is 0 Å². The number of hydrogen-bond acceptors (Lipinski definition) is 3. The maximum absolute atomic E-state index is 12.3. The van der Waals surface area contributed by atoms with Gasteiger partial charge in [0.2, 0.25) is 5.91 Å². The van der Waals surface area contributed by atoms with Gasteiger partial charge in [-0.25, -0.2) is 0 Å². The van der Waals surface area contributed by atoms with Crippen molar-refractivity contribution in [1.82, 2.24) is 10.2 Å². The van der Waals surface area contributed by atoms with Crippen molar-refractivity contribution in [3.8, 4) is 0 Å². The Morgan fingerprint density at radius 3 is 3.07 bits per heavy atom. The second kappa shape index (κ2) is 3.98. The number of nitrogens with zero attached hydrogens (tertiary/aromatic N) is 1. The number of rotatable bonds is 1. The highest BCUT2D eigenvalue weighted by atomic mass is 32.2. The fourth-order valence-corrected chi connectivity index (χ4v) is 4.30. The molecule has 3 fully saturated rings. The minimum atomic E-state index is 0.328. The fourth-order valence-electron chi connectivity index (χ4n) is 3.09.